The molecule has 1 aromatic heterocycles. The Morgan fingerprint density at radius 3 is 2.60 bits per heavy atom. The van der Waals surface area contributed by atoms with Gasteiger partial charge in [-0.2, -0.15) is 22.9 Å². The Labute approximate surface area is 198 Å². The van der Waals surface area contributed by atoms with Gasteiger partial charge in [0.25, 0.3) is 5.56 Å². The molecule has 2 aliphatic rings. The number of para-hydroxylation sites is 2. The van der Waals surface area contributed by atoms with Crippen LogP contribution in [0.15, 0.2) is 67.7 Å². The minimum atomic E-state index is -4.36. The van der Waals surface area contributed by atoms with Gasteiger partial charge in [-0.15, -0.1) is 4.40 Å². The lowest BCUT2D eigenvalue weighted by Crippen LogP contribution is -2.32. The number of halogens is 3. The second-order valence-corrected chi connectivity index (χ2v) is 10.1. The van der Waals surface area contributed by atoms with Gasteiger partial charge in [0.15, 0.2) is 5.84 Å². The van der Waals surface area contributed by atoms with Crippen molar-refractivity contribution in [3.8, 4) is 5.75 Å². The van der Waals surface area contributed by atoms with Gasteiger partial charge in [-0.05, 0) is 49.9 Å². The predicted molar refractivity (Wildman–Crippen MR) is 128 cm³/mol. The molecule has 2 aromatic carbocycles. The lowest BCUT2D eigenvalue weighted by molar-refractivity contribution is -0.175. The number of pyridine rings is 1. The van der Waals surface area contributed by atoms with Crippen LogP contribution < -0.4 is 10.9 Å². The summed E-state index contributed by atoms with van der Waals surface area (Å²) in [5.41, 5.74) is -0.517. The summed E-state index contributed by atoms with van der Waals surface area (Å²) in [5.74, 6) is -2.27. The first-order valence-electron chi connectivity index (χ1n) is 10.8. The van der Waals surface area contributed by atoms with E-state index >= 15 is 0 Å². The van der Waals surface area contributed by atoms with Gasteiger partial charge in [-0.25, -0.2) is 0 Å². The molecule has 0 radical (unpaired) electrons. The maximum absolute atomic E-state index is 13.6. The summed E-state index contributed by atoms with van der Waals surface area (Å²) in [6, 6.07) is 12.6. The van der Waals surface area contributed by atoms with Crippen LogP contribution in [0.25, 0.3) is 10.9 Å². The fourth-order valence-corrected chi connectivity index (χ4v) is 5.58. The molecule has 3 aromatic rings. The molecule has 0 bridgehead atoms. The molecule has 4 N–H and O–H groups in total. The average Bonchev–Trinajstić information content (AvgIpc) is 2.81. The summed E-state index contributed by atoms with van der Waals surface area (Å²) in [7, 11) is -3.68. The summed E-state index contributed by atoms with van der Waals surface area (Å²) in [6.45, 7) is 0. The van der Waals surface area contributed by atoms with Crippen LogP contribution in [0, 0.1) is 5.92 Å². The van der Waals surface area contributed by atoms with Gasteiger partial charge in [0.05, 0.1) is 17.1 Å². The van der Waals surface area contributed by atoms with Crippen LogP contribution in [-0.2, 0) is 0 Å². The van der Waals surface area contributed by atoms with E-state index in [1.54, 1.807) is 30.3 Å². The molecule has 1 fully saturated rings. The maximum Gasteiger partial charge on any atom is 0.392 e. The molecule has 1 atom stereocenters. The minimum Gasteiger partial charge on any atom is -0.506 e. The molecule has 1 aliphatic carbocycles. The quantitative estimate of drug-likeness (QED) is 0.363. The van der Waals surface area contributed by atoms with E-state index in [-0.39, 0.29) is 52.2 Å². The molecular formula is C23H21F3N4O4S. The highest BCUT2D eigenvalue weighted by atomic mass is 32.3. The summed E-state index contributed by atoms with van der Waals surface area (Å²) in [4.78, 5) is 13.7. The zero-order chi connectivity index (χ0) is 25.0. The van der Waals surface area contributed by atoms with Gasteiger partial charge in [-0.3, -0.25) is 13.9 Å². The first-order valence-corrected chi connectivity index (χ1v) is 12.3. The number of amidine groups is 1. The highest BCUT2D eigenvalue weighted by Gasteiger charge is 2.41. The third kappa shape index (κ3) is 4.17. The van der Waals surface area contributed by atoms with Crippen LogP contribution in [0.2, 0.25) is 0 Å². The number of hydrogen-bond acceptors (Lipinski definition) is 7. The molecule has 184 valence electrons. The van der Waals surface area contributed by atoms with Crippen LogP contribution in [0.3, 0.4) is 0 Å². The molecule has 1 aliphatic heterocycles. The van der Waals surface area contributed by atoms with Crippen LogP contribution in [0.4, 0.5) is 18.9 Å². The lowest BCUT2D eigenvalue weighted by atomic mass is 9.87. The Hall–Kier alpha value is -3.35. The van der Waals surface area contributed by atoms with Gasteiger partial charge >= 0.3 is 6.18 Å². The zero-order valence-corrected chi connectivity index (χ0v) is 19.0. The lowest BCUT2D eigenvalue weighted by Gasteiger charge is -2.34. The molecule has 12 heteroatoms. The fourth-order valence-electron chi connectivity index (χ4n) is 4.42. The first kappa shape index (κ1) is 23.4. The van der Waals surface area contributed by atoms with Crippen LogP contribution >= 0.6 is 10.8 Å². The molecule has 0 spiro atoms. The maximum atomic E-state index is 13.6. The number of hydrogen-bond donors (Lipinski definition) is 4. The van der Waals surface area contributed by atoms with E-state index < -0.39 is 34.2 Å². The van der Waals surface area contributed by atoms with Crippen LogP contribution in [0.5, 0.6) is 5.75 Å². The molecule has 5 rings (SSSR count). The topological polar surface area (TPSA) is 119 Å². The van der Waals surface area contributed by atoms with Crippen LogP contribution in [-0.4, -0.2) is 36.6 Å². The number of aromatic hydroxyl groups is 1. The average molecular weight is 507 g/mol. The van der Waals surface area contributed by atoms with E-state index in [9.17, 15) is 32.2 Å². The Morgan fingerprint density at radius 1 is 1.11 bits per heavy atom. The van der Waals surface area contributed by atoms with E-state index in [2.05, 4.69) is 14.8 Å². The third-order valence-corrected chi connectivity index (χ3v) is 7.51. The number of nitrogens with one attached hydrogen (secondary N) is 1. The van der Waals surface area contributed by atoms with Gasteiger partial charge in [0.2, 0.25) is 0 Å². The molecule has 8 nitrogen and oxygen atoms in total. The summed E-state index contributed by atoms with van der Waals surface area (Å²) < 4.78 is 66.0. The summed E-state index contributed by atoms with van der Waals surface area (Å²) in [5, 5.41) is 18.3. The standard InChI is InChI=1S/C23H21F3N4O4S/c24-23(25,26)13-6-5-7-14(12-13)28-30-17-10-3-1-8-15(17)20(31)19(22(30)32)21-27-16-9-2-4-11-18(16)35(33,34)29-21/h1-4,8-11,13,31,33-34H,5-7,12H2,(H,27,29). The van der Waals surface area contributed by atoms with Crippen molar-refractivity contribution >= 4 is 38.9 Å². The Morgan fingerprint density at radius 2 is 1.83 bits per heavy atom. The van der Waals surface area contributed by atoms with E-state index in [0.717, 1.165) is 4.68 Å². The molecule has 1 saturated carbocycles. The highest BCUT2D eigenvalue weighted by Crippen LogP contribution is 2.55. The number of aromatic nitrogens is 1. The van der Waals surface area contributed by atoms with E-state index in [1.807, 2.05) is 0 Å². The molecule has 1 unspecified atom stereocenters. The van der Waals surface area contributed by atoms with Crippen molar-refractivity contribution in [2.24, 2.45) is 15.4 Å². The fraction of sp³-hybridized carbons (Fsp3) is 0.261. The second kappa shape index (κ2) is 8.40. The van der Waals surface area contributed by atoms with Gasteiger partial charge in [0.1, 0.15) is 16.2 Å². The van der Waals surface area contributed by atoms with Crippen molar-refractivity contribution in [3.05, 3.63) is 64.4 Å². The number of alkyl halides is 3. The third-order valence-electron chi connectivity index (χ3n) is 6.13. The molecule has 0 amide bonds. The van der Waals surface area contributed by atoms with Crippen molar-refractivity contribution in [2.75, 3.05) is 5.32 Å². The van der Waals surface area contributed by atoms with Crippen molar-refractivity contribution in [3.63, 3.8) is 0 Å². The van der Waals surface area contributed by atoms with Crippen molar-refractivity contribution in [1.82, 2.24) is 4.68 Å². The highest BCUT2D eigenvalue weighted by molar-refractivity contribution is 8.23. The summed E-state index contributed by atoms with van der Waals surface area (Å²) in [6.07, 6.45) is -4.11. The Balaban J connectivity index is 1.69. The predicted octanol–water partition coefficient (Wildman–Crippen LogP) is 5.56. The molecular weight excluding hydrogens is 485 g/mol. The van der Waals surface area contributed by atoms with Crippen molar-refractivity contribution in [2.45, 2.75) is 36.8 Å². The van der Waals surface area contributed by atoms with E-state index in [1.165, 1.54) is 18.2 Å². The number of nitrogens with zero attached hydrogens (tertiary/aromatic N) is 3. The van der Waals surface area contributed by atoms with Gasteiger partial charge in [0, 0.05) is 11.1 Å². The normalized spacial score (nSPS) is 21.8. The summed E-state index contributed by atoms with van der Waals surface area (Å²) >= 11 is 0. The second-order valence-electron chi connectivity index (χ2n) is 8.44. The monoisotopic (exact) mass is 506 g/mol. The number of rotatable bonds is 2. The van der Waals surface area contributed by atoms with Gasteiger partial charge < -0.3 is 10.4 Å². The Bertz CT molecular complexity index is 1450. The number of fused-ring (bicyclic) bond motifs is 2. The molecule has 2 heterocycles. The minimum absolute atomic E-state index is 0.00299. The first-order chi connectivity index (χ1) is 16.6. The number of anilines is 1. The number of benzene rings is 2. The van der Waals surface area contributed by atoms with Crippen molar-refractivity contribution in [1.29, 1.82) is 0 Å². The molecule has 35 heavy (non-hydrogen) atoms. The zero-order valence-electron chi connectivity index (χ0n) is 18.2. The van der Waals surface area contributed by atoms with E-state index in [0.29, 0.717) is 12.1 Å². The Kier molecular flexibility index (Phi) is 5.61. The van der Waals surface area contributed by atoms with Crippen molar-refractivity contribution < 1.29 is 27.4 Å². The van der Waals surface area contributed by atoms with E-state index in [4.69, 9.17) is 0 Å². The van der Waals surface area contributed by atoms with Gasteiger partial charge in [-0.1, -0.05) is 35.0 Å². The SMILES string of the molecule is O=c1c(C2=NS(O)(O)c3ccccc3N2)c(O)c2ccccc2n1N=C1CCCC(C(F)(F)F)C1. The smallest absolute Gasteiger partial charge is 0.392 e. The van der Waals surface area contributed by atoms with Crippen LogP contribution in [0.1, 0.15) is 31.2 Å². The molecule has 0 saturated heterocycles. The largest absolute Gasteiger partial charge is 0.506 e.